The summed E-state index contributed by atoms with van der Waals surface area (Å²) in [7, 11) is 0. The summed E-state index contributed by atoms with van der Waals surface area (Å²) in [4.78, 5) is 13.7. The first-order valence-electron chi connectivity index (χ1n) is 5.84. The molecular weight excluding hydrogens is 232 g/mol. The average molecular weight is 252 g/mol. The molecule has 0 aliphatic rings. The predicted molar refractivity (Wildman–Crippen MR) is 70.4 cm³/mol. The Morgan fingerprint density at radius 2 is 2.33 bits per heavy atom. The van der Waals surface area contributed by atoms with Gasteiger partial charge in [-0.25, -0.2) is 0 Å². The zero-order valence-electron chi connectivity index (χ0n) is 10.9. The molecule has 1 amide bonds. The molecule has 18 heavy (non-hydrogen) atoms. The standard InChI is InChI=1S/C12H20N4O2/c1-4-5-16(6-7-17)8-11(18)13-12-9(2)14-15-10(12)3/h4,17H,1,5-8H2,2-3H3,(H,13,18)(H,14,15). The van der Waals surface area contributed by atoms with Gasteiger partial charge in [-0.2, -0.15) is 5.10 Å². The Balaban J connectivity index is 2.57. The first-order valence-corrected chi connectivity index (χ1v) is 5.84. The van der Waals surface area contributed by atoms with E-state index in [-0.39, 0.29) is 19.1 Å². The van der Waals surface area contributed by atoms with Crippen LogP contribution in [0, 0.1) is 13.8 Å². The van der Waals surface area contributed by atoms with Crippen LogP contribution in [-0.4, -0.2) is 52.4 Å². The molecular formula is C12H20N4O2. The summed E-state index contributed by atoms with van der Waals surface area (Å²) in [5.74, 6) is -0.127. The minimum absolute atomic E-state index is 0.0187. The van der Waals surface area contributed by atoms with E-state index in [1.165, 1.54) is 0 Å². The molecule has 0 saturated heterocycles. The van der Waals surface area contributed by atoms with Crippen molar-refractivity contribution in [2.24, 2.45) is 0 Å². The van der Waals surface area contributed by atoms with E-state index in [1.807, 2.05) is 18.7 Å². The fourth-order valence-electron chi connectivity index (χ4n) is 1.68. The molecule has 0 bridgehead atoms. The number of amides is 1. The average Bonchev–Trinajstić information content (AvgIpc) is 2.61. The summed E-state index contributed by atoms with van der Waals surface area (Å²) in [6, 6.07) is 0. The fourth-order valence-corrected chi connectivity index (χ4v) is 1.68. The second-order valence-electron chi connectivity index (χ2n) is 4.10. The van der Waals surface area contributed by atoms with E-state index in [1.54, 1.807) is 6.08 Å². The Morgan fingerprint density at radius 3 is 2.83 bits per heavy atom. The lowest BCUT2D eigenvalue weighted by molar-refractivity contribution is -0.117. The maximum absolute atomic E-state index is 11.9. The SMILES string of the molecule is C=CCN(CCO)CC(=O)Nc1c(C)n[nH]c1C. The van der Waals surface area contributed by atoms with Crippen LogP contribution in [0.25, 0.3) is 0 Å². The number of rotatable bonds is 7. The molecule has 0 radical (unpaired) electrons. The van der Waals surface area contributed by atoms with Crippen molar-refractivity contribution in [3.8, 4) is 0 Å². The van der Waals surface area contributed by atoms with Crippen molar-refractivity contribution in [3.05, 3.63) is 24.0 Å². The normalized spacial score (nSPS) is 10.7. The molecule has 3 N–H and O–H groups in total. The lowest BCUT2D eigenvalue weighted by Gasteiger charge is -2.18. The molecule has 1 aromatic heterocycles. The van der Waals surface area contributed by atoms with Crippen molar-refractivity contribution in [1.82, 2.24) is 15.1 Å². The van der Waals surface area contributed by atoms with Crippen molar-refractivity contribution in [1.29, 1.82) is 0 Å². The van der Waals surface area contributed by atoms with E-state index in [0.717, 1.165) is 17.1 Å². The van der Waals surface area contributed by atoms with Gasteiger partial charge in [0.25, 0.3) is 0 Å². The minimum Gasteiger partial charge on any atom is -0.395 e. The van der Waals surface area contributed by atoms with Crippen molar-refractivity contribution >= 4 is 11.6 Å². The molecule has 0 atom stereocenters. The summed E-state index contributed by atoms with van der Waals surface area (Å²) in [6.45, 7) is 8.56. The van der Waals surface area contributed by atoms with E-state index in [0.29, 0.717) is 13.1 Å². The highest BCUT2D eigenvalue weighted by atomic mass is 16.3. The number of nitrogens with one attached hydrogen (secondary N) is 2. The van der Waals surface area contributed by atoms with Crippen LogP contribution in [-0.2, 0) is 4.79 Å². The van der Waals surface area contributed by atoms with Gasteiger partial charge in [0.05, 0.1) is 30.2 Å². The Bertz CT molecular complexity index is 395. The van der Waals surface area contributed by atoms with E-state index in [4.69, 9.17) is 5.11 Å². The number of aliphatic hydroxyl groups is 1. The molecule has 0 spiro atoms. The number of aromatic nitrogens is 2. The highest BCUT2D eigenvalue weighted by molar-refractivity contribution is 5.93. The number of H-pyrrole nitrogens is 1. The molecule has 0 aliphatic carbocycles. The van der Waals surface area contributed by atoms with Crippen LogP contribution in [0.5, 0.6) is 0 Å². The third-order valence-corrected chi connectivity index (χ3v) is 2.56. The lowest BCUT2D eigenvalue weighted by Crippen LogP contribution is -2.35. The number of carbonyl (C=O) groups excluding carboxylic acids is 1. The highest BCUT2D eigenvalue weighted by Crippen LogP contribution is 2.15. The summed E-state index contributed by atoms with van der Waals surface area (Å²) < 4.78 is 0. The second kappa shape index (κ2) is 6.93. The van der Waals surface area contributed by atoms with Crippen LogP contribution in [0.15, 0.2) is 12.7 Å². The Hall–Kier alpha value is -1.66. The Kier molecular flexibility index (Phi) is 5.54. The summed E-state index contributed by atoms with van der Waals surface area (Å²) in [6.07, 6.45) is 1.71. The largest absolute Gasteiger partial charge is 0.395 e. The topological polar surface area (TPSA) is 81.2 Å². The molecule has 6 heteroatoms. The van der Waals surface area contributed by atoms with Crippen molar-refractivity contribution < 1.29 is 9.90 Å². The maximum atomic E-state index is 11.9. The van der Waals surface area contributed by atoms with Crippen molar-refractivity contribution in [2.45, 2.75) is 13.8 Å². The molecule has 0 aliphatic heterocycles. The van der Waals surface area contributed by atoms with Gasteiger partial charge in [-0.1, -0.05) is 6.08 Å². The van der Waals surface area contributed by atoms with Gasteiger partial charge in [-0.05, 0) is 13.8 Å². The van der Waals surface area contributed by atoms with Gasteiger partial charge in [-0.15, -0.1) is 6.58 Å². The number of nitrogens with zero attached hydrogens (tertiary/aromatic N) is 2. The molecule has 0 unspecified atom stereocenters. The molecule has 6 nitrogen and oxygen atoms in total. The highest BCUT2D eigenvalue weighted by Gasteiger charge is 2.13. The smallest absolute Gasteiger partial charge is 0.238 e. The number of hydrogen-bond acceptors (Lipinski definition) is 4. The van der Waals surface area contributed by atoms with Crippen LogP contribution in [0.1, 0.15) is 11.4 Å². The van der Waals surface area contributed by atoms with Gasteiger partial charge >= 0.3 is 0 Å². The van der Waals surface area contributed by atoms with Crippen LogP contribution in [0.3, 0.4) is 0 Å². The molecule has 1 heterocycles. The molecule has 100 valence electrons. The van der Waals surface area contributed by atoms with E-state index >= 15 is 0 Å². The quantitative estimate of drug-likeness (QED) is 0.615. The van der Waals surface area contributed by atoms with Gasteiger partial charge in [0.1, 0.15) is 0 Å². The van der Waals surface area contributed by atoms with Crippen LogP contribution in [0.4, 0.5) is 5.69 Å². The molecule has 0 aromatic carbocycles. The first-order chi connectivity index (χ1) is 8.58. The molecule has 1 rings (SSSR count). The van der Waals surface area contributed by atoms with Crippen LogP contribution in [0.2, 0.25) is 0 Å². The second-order valence-corrected chi connectivity index (χ2v) is 4.10. The number of aliphatic hydroxyl groups excluding tert-OH is 1. The van der Waals surface area contributed by atoms with E-state index in [2.05, 4.69) is 22.1 Å². The van der Waals surface area contributed by atoms with Crippen LogP contribution < -0.4 is 5.32 Å². The third kappa shape index (κ3) is 3.97. The van der Waals surface area contributed by atoms with Gasteiger partial charge in [-0.3, -0.25) is 14.8 Å². The molecule has 0 fully saturated rings. The number of anilines is 1. The van der Waals surface area contributed by atoms with Gasteiger partial charge in [0.15, 0.2) is 0 Å². The van der Waals surface area contributed by atoms with Crippen molar-refractivity contribution in [2.75, 3.05) is 31.6 Å². The fraction of sp³-hybridized carbons (Fsp3) is 0.500. The van der Waals surface area contributed by atoms with Gasteiger partial charge < -0.3 is 10.4 Å². The Labute approximate surface area is 107 Å². The first kappa shape index (κ1) is 14.4. The summed E-state index contributed by atoms with van der Waals surface area (Å²) >= 11 is 0. The van der Waals surface area contributed by atoms with Crippen molar-refractivity contribution in [3.63, 3.8) is 0 Å². The van der Waals surface area contributed by atoms with E-state index < -0.39 is 0 Å². The van der Waals surface area contributed by atoms with E-state index in [9.17, 15) is 4.79 Å². The predicted octanol–water partition coefficient (Wildman–Crippen LogP) is 0.445. The zero-order valence-corrected chi connectivity index (χ0v) is 10.9. The monoisotopic (exact) mass is 252 g/mol. The summed E-state index contributed by atoms with van der Waals surface area (Å²) in [5, 5.41) is 18.5. The zero-order chi connectivity index (χ0) is 13.5. The Morgan fingerprint density at radius 1 is 1.61 bits per heavy atom. The third-order valence-electron chi connectivity index (χ3n) is 2.56. The van der Waals surface area contributed by atoms with Gasteiger partial charge in [0, 0.05) is 13.1 Å². The number of aromatic amines is 1. The minimum atomic E-state index is -0.127. The number of hydrogen-bond donors (Lipinski definition) is 3. The molecule has 0 saturated carbocycles. The summed E-state index contributed by atoms with van der Waals surface area (Å²) in [5.41, 5.74) is 2.32. The lowest BCUT2D eigenvalue weighted by atomic mass is 10.3. The van der Waals surface area contributed by atoms with Gasteiger partial charge in [0.2, 0.25) is 5.91 Å². The maximum Gasteiger partial charge on any atom is 0.238 e. The molecule has 1 aromatic rings. The number of carbonyl (C=O) groups is 1. The number of aryl methyl sites for hydroxylation is 2. The van der Waals surface area contributed by atoms with Crippen LogP contribution >= 0.6 is 0 Å².